The normalized spacial score (nSPS) is 12.6. The van der Waals surface area contributed by atoms with E-state index in [1.54, 1.807) is 11.8 Å². The summed E-state index contributed by atoms with van der Waals surface area (Å²) >= 11 is 1.70. The van der Waals surface area contributed by atoms with Gasteiger partial charge in [0.15, 0.2) is 5.16 Å². The lowest BCUT2D eigenvalue weighted by molar-refractivity contribution is 0.763. The van der Waals surface area contributed by atoms with Crippen LogP contribution in [0.2, 0.25) is 0 Å². The summed E-state index contributed by atoms with van der Waals surface area (Å²) < 4.78 is 2.00. The van der Waals surface area contributed by atoms with Crippen LogP contribution in [0.1, 0.15) is 23.6 Å². The first-order valence-corrected chi connectivity index (χ1v) is 6.34. The van der Waals surface area contributed by atoms with Gasteiger partial charge in [0.25, 0.3) is 0 Å². The molecule has 2 aromatic rings. The minimum atomic E-state index is 0.331. The van der Waals surface area contributed by atoms with E-state index in [4.69, 9.17) is 5.73 Å². The largest absolute Gasteiger partial charge is 0.399 e. The molecule has 0 saturated carbocycles. The fourth-order valence-electron chi connectivity index (χ4n) is 1.48. The molecule has 2 rings (SSSR count). The molecule has 17 heavy (non-hydrogen) atoms. The van der Waals surface area contributed by atoms with E-state index < -0.39 is 0 Å². The standard InChI is InChI=1S/C12H16N4S/c1-8(10-4-6-11(13)7-5-10)17-12-15-14-9(2)16(12)3/h4-8H,13H2,1-3H3. The average molecular weight is 248 g/mol. The number of nitrogens with two attached hydrogens (primary N) is 1. The number of rotatable bonds is 3. The van der Waals surface area contributed by atoms with Crippen molar-refractivity contribution in [2.24, 2.45) is 7.05 Å². The zero-order valence-corrected chi connectivity index (χ0v) is 11.0. The van der Waals surface area contributed by atoms with Crippen LogP contribution >= 0.6 is 11.8 Å². The third-order valence-corrected chi connectivity index (χ3v) is 3.93. The lowest BCUT2D eigenvalue weighted by Crippen LogP contribution is -1.96. The molecule has 0 fully saturated rings. The summed E-state index contributed by atoms with van der Waals surface area (Å²) in [4.78, 5) is 0. The number of anilines is 1. The molecule has 0 aliphatic carbocycles. The quantitative estimate of drug-likeness (QED) is 0.670. The Hall–Kier alpha value is -1.49. The SMILES string of the molecule is Cc1nnc(SC(C)c2ccc(N)cc2)n1C. The first kappa shape index (κ1) is 12.0. The van der Waals surface area contributed by atoms with Crippen molar-refractivity contribution in [3.05, 3.63) is 35.7 Å². The number of nitrogens with zero attached hydrogens (tertiary/aromatic N) is 3. The molecular weight excluding hydrogens is 232 g/mol. The maximum atomic E-state index is 5.67. The summed E-state index contributed by atoms with van der Waals surface area (Å²) in [7, 11) is 1.98. The number of aromatic nitrogens is 3. The molecule has 0 aliphatic rings. The monoisotopic (exact) mass is 248 g/mol. The fraction of sp³-hybridized carbons (Fsp3) is 0.333. The average Bonchev–Trinajstić information content (AvgIpc) is 2.62. The van der Waals surface area contributed by atoms with E-state index in [-0.39, 0.29) is 0 Å². The van der Waals surface area contributed by atoms with Crippen LogP contribution in [0.15, 0.2) is 29.4 Å². The number of nitrogen functional groups attached to an aromatic ring is 1. The summed E-state index contributed by atoms with van der Waals surface area (Å²) in [5.74, 6) is 0.928. The van der Waals surface area contributed by atoms with E-state index in [9.17, 15) is 0 Å². The fourth-order valence-corrected chi connectivity index (χ4v) is 2.47. The highest BCUT2D eigenvalue weighted by molar-refractivity contribution is 7.99. The van der Waals surface area contributed by atoms with Gasteiger partial charge in [-0.25, -0.2) is 0 Å². The van der Waals surface area contributed by atoms with Gasteiger partial charge < -0.3 is 10.3 Å². The molecule has 4 nitrogen and oxygen atoms in total. The maximum Gasteiger partial charge on any atom is 0.191 e. The van der Waals surface area contributed by atoms with Crippen LogP contribution in [0, 0.1) is 6.92 Å². The molecule has 1 atom stereocenters. The highest BCUT2D eigenvalue weighted by Gasteiger charge is 2.12. The Morgan fingerprint density at radius 1 is 1.24 bits per heavy atom. The third kappa shape index (κ3) is 2.61. The lowest BCUT2D eigenvalue weighted by Gasteiger charge is -2.11. The molecule has 1 aromatic heterocycles. The molecule has 0 aliphatic heterocycles. The molecule has 0 saturated heterocycles. The highest BCUT2D eigenvalue weighted by atomic mass is 32.2. The second-order valence-electron chi connectivity index (χ2n) is 4.02. The Morgan fingerprint density at radius 2 is 1.88 bits per heavy atom. The minimum Gasteiger partial charge on any atom is -0.399 e. The molecular formula is C12H16N4S. The van der Waals surface area contributed by atoms with Crippen molar-refractivity contribution in [2.75, 3.05) is 5.73 Å². The summed E-state index contributed by atoms with van der Waals surface area (Å²) in [6, 6.07) is 7.95. The molecule has 90 valence electrons. The van der Waals surface area contributed by atoms with Gasteiger partial charge >= 0.3 is 0 Å². The van der Waals surface area contributed by atoms with E-state index in [0.29, 0.717) is 5.25 Å². The van der Waals surface area contributed by atoms with Crippen molar-refractivity contribution in [1.29, 1.82) is 0 Å². The van der Waals surface area contributed by atoms with E-state index in [1.165, 1.54) is 5.56 Å². The summed E-state index contributed by atoms with van der Waals surface area (Å²) in [5.41, 5.74) is 7.71. The topological polar surface area (TPSA) is 56.7 Å². The van der Waals surface area contributed by atoms with Crippen molar-refractivity contribution in [2.45, 2.75) is 24.3 Å². The van der Waals surface area contributed by atoms with Gasteiger partial charge in [-0.2, -0.15) is 0 Å². The van der Waals surface area contributed by atoms with E-state index in [2.05, 4.69) is 29.3 Å². The van der Waals surface area contributed by atoms with Crippen LogP contribution in [0.4, 0.5) is 5.69 Å². The Kier molecular flexibility index (Phi) is 3.38. The molecule has 1 unspecified atom stereocenters. The zero-order chi connectivity index (χ0) is 12.4. The molecule has 1 aromatic carbocycles. The summed E-state index contributed by atoms with van der Waals surface area (Å²) in [6.45, 7) is 4.10. The molecule has 2 N–H and O–H groups in total. The lowest BCUT2D eigenvalue weighted by atomic mass is 10.1. The first-order valence-electron chi connectivity index (χ1n) is 5.46. The van der Waals surface area contributed by atoms with Crippen molar-refractivity contribution in [3.63, 3.8) is 0 Å². The number of hydrogen-bond donors (Lipinski definition) is 1. The van der Waals surface area contributed by atoms with E-state index >= 15 is 0 Å². The van der Waals surface area contributed by atoms with Crippen molar-refractivity contribution < 1.29 is 0 Å². The van der Waals surface area contributed by atoms with E-state index in [0.717, 1.165) is 16.7 Å². The van der Waals surface area contributed by atoms with Gasteiger partial charge in [-0.15, -0.1) is 10.2 Å². The second-order valence-corrected chi connectivity index (χ2v) is 5.32. The number of benzene rings is 1. The van der Waals surface area contributed by atoms with Gasteiger partial charge in [0, 0.05) is 18.0 Å². The van der Waals surface area contributed by atoms with Crippen molar-refractivity contribution >= 4 is 17.4 Å². The Balaban J connectivity index is 2.14. The van der Waals surface area contributed by atoms with Crippen LogP contribution in [-0.2, 0) is 7.05 Å². The van der Waals surface area contributed by atoms with Crippen molar-refractivity contribution in [3.8, 4) is 0 Å². The van der Waals surface area contributed by atoms with Gasteiger partial charge in [-0.1, -0.05) is 23.9 Å². The predicted octanol–water partition coefficient (Wildman–Crippen LogP) is 2.56. The molecule has 5 heteroatoms. The number of thioether (sulfide) groups is 1. The van der Waals surface area contributed by atoms with Gasteiger partial charge in [0.05, 0.1) is 0 Å². The van der Waals surface area contributed by atoms with Gasteiger partial charge in [0.2, 0.25) is 0 Å². The smallest absolute Gasteiger partial charge is 0.191 e. The number of aryl methyl sites for hydroxylation is 1. The van der Waals surface area contributed by atoms with Gasteiger partial charge in [-0.05, 0) is 31.5 Å². The molecule has 0 bridgehead atoms. The third-order valence-electron chi connectivity index (χ3n) is 2.74. The Morgan fingerprint density at radius 3 is 2.41 bits per heavy atom. The Bertz CT molecular complexity index is 504. The predicted molar refractivity (Wildman–Crippen MR) is 70.9 cm³/mol. The van der Waals surface area contributed by atoms with E-state index in [1.807, 2.05) is 30.7 Å². The Labute approximate surface area is 105 Å². The maximum absolute atomic E-state index is 5.67. The van der Waals surface area contributed by atoms with Gasteiger partial charge in [0.1, 0.15) is 5.82 Å². The highest BCUT2D eigenvalue weighted by Crippen LogP contribution is 2.33. The summed E-state index contributed by atoms with van der Waals surface area (Å²) in [5, 5.41) is 9.47. The van der Waals surface area contributed by atoms with Crippen LogP contribution in [0.5, 0.6) is 0 Å². The van der Waals surface area contributed by atoms with Crippen LogP contribution in [0.3, 0.4) is 0 Å². The zero-order valence-electron chi connectivity index (χ0n) is 10.2. The van der Waals surface area contributed by atoms with Gasteiger partial charge in [-0.3, -0.25) is 0 Å². The molecule has 1 heterocycles. The first-order chi connectivity index (χ1) is 8.08. The summed E-state index contributed by atoms with van der Waals surface area (Å²) in [6.07, 6.45) is 0. The molecule has 0 amide bonds. The molecule has 0 radical (unpaired) electrons. The van der Waals surface area contributed by atoms with Crippen LogP contribution in [-0.4, -0.2) is 14.8 Å². The van der Waals surface area contributed by atoms with Crippen LogP contribution in [0.25, 0.3) is 0 Å². The molecule has 0 spiro atoms. The van der Waals surface area contributed by atoms with Crippen LogP contribution < -0.4 is 5.73 Å². The minimum absolute atomic E-state index is 0.331. The number of hydrogen-bond acceptors (Lipinski definition) is 4. The second kappa shape index (κ2) is 4.79. The van der Waals surface area contributed by atoms with Crippen molar-refractivity contribution in [1.82, 2.24) is 14.8 Å².